The van der Waals surface area contributed by atoms with Crippen LogP contribution in [0.25, 0.3) is 0 Å². The van der Waals surface area contributed by atoms with Crippen LogP contribution in [-0.2, 0) is 10.3 Å². The van der Waals surface area contributed by atoms with Gasteiger partial charge in [-0.3, -0.25) is 0 Å². The summed E-state index contributed by atoms with van der Waals surface area (Å²) in [6.07, 6.45) is 0.294. The lowest BCUT2D eigenvalue weighted by Gasteiger charge is -2.46. The standard InChI is InChI=1S/C16H22O4/c1-3-13-11(2)14(20-15(17)18)9-10-16(13,19)12-7-5-4-6-8-12/h4-8,11,13-14,19H,3,9-10H2,1-2H3,(H,17,18). The van der Waals surface area contributed by atoms with Crippen molar-refractivity contribution in [1.29, 1.82) is 0 Å². The molecule has 1 aliphatic rings. The van der Waals surface area contributed by atoms with E-state index in [1.165, 1.54) is 0 Å². The molecule has 20 heavy (non-hydrogen) atoms. The quantitative estimate of drug-likeness (QED) is 0.832. The Morgan fingerprint density at radius 3 is 2.60 bits per heavy atom. The lowest BCUT2D eigenvalue weighted by Crippen LogP contribution is -2.48. The van der Waals surface area contributed by atoms with Gasteiger partial charge in [-0.15, -0.1) is 0 Å². The molecule has 110 valence electrons. The maximum atomic E-state index is 11.1. The van der Waals surface area contributed by atoms with Gasteiger partial charge in [-0.25, -0.2) is 4.79 Å². The largest absolute Gasteiger partial charge is 0.506 e. The fourth-order valence-corrected chi connectivity index (χ4v) is 3.60. The van der Waals surface area contributed by atoms with Gasteiger partial charge >= 0.3 is 6.16 Å². The van der Waals surface area contributed by atoms with E-state index in [9.17, 15) is 9.90 Å². The predicted molar refractivity (Wildman–Crippen MR) is 75.4 cm³/mol. The Hall–Kier alpha value is -1.55. The maximum Gasteiger partial charge on any atom is 0.506 e. The highest BCUT2D eigenvalue weighted by Gasteiger charge is 2.47. The highest BCUT2D eigenvalue weighted by Crippen LogP contribution is 2.47. The number of benzene rings is 1. The Bertz CT molecular complexity index is 459. The van der Waals surface area contributed by atoms with E-state index in [2.05, 4.69) is 0 Å². The number of aliphatic hydroxyl groups is 1. The molecule has 1 saturated carbocycles. The van der Waals surface area contributed by atoms with Gasteiger partial charge in [-0.05, 0) is 36.7 Å². The van der Waals surface area contributed by atoms with Crippen LogP contribution in [0.5, 0.6) is 0 Å². The van der Waals surface area contributed by atoms with Gasteiger partial charge in [0.15, 0.2) is 0 Å². The topological polar surface area (TPSA) is 66.8 Å². The normalized spacial score (nSPS) is 33.6. The lowest BCUT2D eigenvalue weighted by molar-refractivity contribution is -0.124. The van der Waals surface area contributed by atoms with Crippen molar-refractivity contribution in [3.8, 4) is 0 Å². The summed E-state index contributed by atoms with van der Waals surface area (Å²) in [5.74, 6) is -0.0157. The summed E-state index contributed by atoms with van der Waals surface area (Å²) in [4.78, 5) is 10.8. The van der Waals surface area contributed by atoms with E-state index in [1.807, 2.05) is 44.2 Å². The van der Waals surface area contributed by atoms with Crippen LogP contribution >= 0.6 is 0 Å². The van der Waals surface area contributed by atoms with Gasteiger partial charge in [0.1, 0.15) is 6.10 Å². The highest BCUT2D eigenvalue weighted by molar-refractivity contribution is 5.57. The Morgan fingerprint density at radius 2 is 2.05 bits per heavy atom. The molecule has 4 unspecified atom stereocenters. The monoisotopic (exact) mass is 278 g/mol. The average molecular weight is 278 g/mol. The van der Waals surface area contributed by atoms with Gasteiger partial charge in [-0.1, -0.05) is 44.2 Å². The highest BCUT2D eigenvalue weighted by atomic mass is 16.7. The first-order chi connectivity index (χ1) is 9.49. The first-order valence-electron chi connectivity index (χ1n) is 7.16. The maximum absolute atomic E-state index is 11.1. The lowest BCUT2D eigenvalue weighted by atomic mass is 9.64. The molecule has 0 aromatic heterocycles. The van der Waals surface area contributed by atoms with Gasteiger partial charge in [-0.2, -0.15) is 0 Å². The van der Waals surface area contributed by atoms with Crippen molar-refractivity contribution in [2.24, 2.45) is 11.8 Å². The minimum atomic E-state index is -1.23. The van der Waals surface area contributed by atoms with Crippen LogP contribution in [0.2, 0.25) is 0 Å². The van der Waals surface area contributed by atoms with E-state index in [0.29, 0.717) is 12.8 Å². The molecule has 0 amide bonds. The van der Waals surface area contributed by atoms with Crippen LogP contribution in [0, 0.1) is 11.8 Å². The molecular weight excluding hydrogens is 256 g/mol. The summed E-state index contributed by atoms with van der Waals surface area (Å²) in [6.45, 7) is 3.99. The van der Waals surface area contributed by atoms with E-state index < -0.39 is 11.8 Å². The molecule has 0 spiro atoms. The average Bonchev–Trinajstić information content (AvgIpc) is 2.43. The molecule has 4 heteroatoms. The molecule has 0 saturated heterocycles. The van der Waals surface area contributed by atoms with Crippen molar-refractivity contribution >= 4 is 6.16 Å². The number of carboxylic acid groups (broad SMARTS) is 1. The van der Waals surface area contributed by atoms with Crippen molar-refractivity contribution in [2.45, 2.75) is 44.8 Å². The predicted octanol–water partition coefficient (Wildman–Crippen LogP) is 3.39. The Labute approximate surface area is 119 Å². The fraction of sp³-hybridized carbons (Fsp3) is 0.562. The molecule has 4 nitrogen and oxygen atoms in total. The second-order valence-electron chi connectivity index (χ2n) is 5.63. The van der Waals surface area contributed by atoms with Crippen LogP contribution in [-0.4, -0.2) is 22.5 Å². The summed E-state index contributed by atoms with van der Waals surface area (Å²) >= 11 is 0. The fourth-order valence-electron chi connectivity index (χ4n) is 3.60. The molecule has 0 aliphatic heterocycles. The molecule has 1 aromatic rings. The van der Waals surface area contributed by atoms with E-state index in [0.717, 1.165) is 12.0 Å². The molecule has 0 heterocycles. The first-order valence-corrected chi connectivity index (χ1v) is 7.16. The molecular formula is C16H22O4. The number of hydrogen-bond donors (Lipinski definition) is 2. The number of ether oxygens (including phenoxy) is 1. The van der Waals surface area contributed by atoms with E-state index in [4.69, 9.17) is 9.84 Å². The molecule has 2 rings (SSSR count). The zero-order chi connectivity index (χ0) is 14.8. The van der Waals surface area contributed by atoms with Crippen molar-refractivity contribution in [1.82, 2.24) is 0 Å². The third-order valence-electron chi connectivity index (χ3n) is 4.61. The van der Waals surface area contributed by atoms with Crippen LogP contribution in [0.4, 0.5) is 4.79 Å². The smallest absolute Gasteiger partial charge is 0.450 e. The summed E-state index contributed by atoms with van der Waals surface area (Å²) < 4.78 is 4.97. The number of rotatable bonds is 3. The van der Waals surface area contributed by atoms with Crippen molar-refractivity contribution in [2.75, 3.05) is 0 Å². The third-order valence-corrected chi connectivity index (χ3v) is 4.61. The van der Waals surface area contributed by atoms with Gasteiger partial charge in [0.2, 0.25) is 0 Å². The number of carbonyl (C=O) groups is 1. The van der Waals surface area contributed by atoms with Crippen LogP contribution in [0.1, 0.15) is 38.7 Å². The Morgan fingerprint density at radius 1 is 1.40 bits per heavy atom. The van der Waals surface area contributed by atoms with E-state index in [1.54, 1.807) is 0 Å². The van der Waals surface area contributed by atoms with Crippen LogP contribution < -0.4 is 0 Å². The third kappa shape index (κ3) is 2.66. The van der Waals surface area contributed by atoms with E-state index >= 15 is 0 Å². The molecule has 2 N–H and O–H groups in total. The van der Waals surface area contributed by atoms with Gasteiger partial charge in [0.05, 0.1) is 5.60 Å². The molecule has 1 aromatic carbocycles. The van der Waals surface area contributed by atoms with Crippen LogP contribution in [0.15, 0.2) is 30.3 Å². The summed E-state index contributed by atoms with van der Waals surface area (Å²) in [7, 11) is 0. The Balaban J connectivity index is 2.27. The number of hydrogen-bond acceptors (Lipinski definition) is 3. The van der Waals surface area contributed by atoms with Crippen molar-refractivity contribution in [3.05, 3.63) is 35.9 Å². The summed E-state index contributed by atoms with van der Waals surface area (Å²) in [5, 5.41) is 19.9. The van der Waals surface area contributed by atoms with Crippen molar-refractivity contribution in [3.63, 3.8) is 0 Å². The van der Waals surface area contributed by atoms with E-state index in [-0.39, 0.29) is 17.9 Å². The van der Waals surface area contributed by atoms with Gasteiger partial charge < -0.3 is 14.9 Å². The minimum Gasteiger partial charge on any atom is -0.450 e. The Kier molecular flexibility index (Phi) is 4.33. The van der Waals surface area contributed by atoms with Gasteiger partial charge in [0.25, 0.3) is 0 Å². The second-order valence-corrected chi connectivity index (χ2v) is 5.63. The zero-order valence-corrected chi connectivity index (χ0v) is 12.0. The zero-order valence-electron chi connectivity index (χ0n) is 12.0. The molecule has 0 radical (unpaired) electrons. The van der Waals surface area contributed by atoms with Crippen LogP contribution in [0.3, 0.4) is 0 Å². The minimum absolute atomic E-state index is 0.00458. The molecule has 0 bridgehead atoms. The summed E-state index contributed by atoms with van der Waals surface area (Å²) in [6, 6.07) is 9.65. The SMILES string of the molecule is CCC1C(C)C(OC(=O)O)CCC1(O)c1ccccc1. The second kappa shape index (κ2) is 5.83. The molecule has 4 atom stereocenters. The van der Waals surface area contributed by atoms with Gasteiger partial charge in [0, 0.05) is 0 Å². The first kappa shape index (κ1) is 14.9. The molecule has 1 aliphatic carbocycles. The molecule has 1 fully saturated rings. The summed E-state index contributed by atoms with van der Waals surface area (Å²) in [5.41, 5.74) is 0.0146. The van der Waals surface area contributed by atoms with Crippen molar-refractivity contribution < 1.29 is 19.7 Å².